The normalized spacial score (nSPS) is 26.1. The van der Waals surface area contributed by atoms with Crippen molar-refractivity contribution in [3.8, 4) is 0 Å². The molecule has 2 fully saturated rings. The van der Waals surface area contributed by atoms with Crippen LogP contribution < -0.4 is 5.32 Å². The first-order chi connectivity index (χ1) is 16.3. The Hall–Kier alpha value is -2.47. The van der Waals surface area contributed by atoms with Gasteiger partial charge in [0.25, 0.3) is 0 Å². The molecule has 1 aliphatic carbocycles. The Balaban J connectivity index is 1.37. The molecule has 0 radical (unpaired) electrons. The molecule has 184 valence electrons. The zero-order valence-electron chi connectivity index (χ0n) is 20.8. The number of carbonyl (C=O) groups is 3. The van der Waals surface area contributed by atoms with E-state index in [1.54, 1.807) is 0 Å². The number of hydrogen-bond acceptors (Lipinski definition) is 4. The molecule has 34 heavy (non-hydrogen) atoms. The molecular weight excluding hydrogens is 426 g/mol. The van der Waals surface area contributed by atoms with Crippen LogP contribution in [0.1, 0.15) is 64.0 Å². The fraction of sp³-hybridized carbons (Fsp3) is 0.607. The van der Waals surface area contributed by atoms with Gasteiger partial charge in [-0.1, -0.05) is 57.2 Å². The maximum Gasteiger partial charge on any atom is 0.243 e. The summed E-state index contributed by atoms with van der Waals surface area (Å²) in [5.41, 5.74) is 2.30. The van der Waals surface area contributed by atoms with Crippen LogP contribution in [0.15, 0.2) is 36.4 Å². The minimum Gasteiger partial charge on any atom is -0.350 e. The first kappa shape index (κ1) is 24.6. The zero-order valence-corrected chi connectivity index (χ0v) is 20.8. The summed E-state index contributed by atoms with van der Waals surface area (Å²) in [6.07, 6.45) is 8.19. The van der Waals surface area contributed by atoms with Crippen molar-refractivity contribution in [2.75, 3.05) is 13.1 Å². The molecule has 2 heterocycles. The number of carbonyl (C=O) groups excluding carboxylic acids is 3. The molecule has 0 bridgehead atoms. The van der Waals surface area contributed by atoms with Gasteiger partial charge in [-0.2, -0.15) is 0 Å². The lowest BCUT2D eigenvalue weighted by Crippen LogP contribution is -2.50. The highest BCUT2D eigenvalue weighted by Gasteiger charge is 2.51. The van der Waals surface area contributed by atoms with E-state index in [9.17, 15) is 14.4 Å². The molecule has 2 aliphatic heterocycles. The zero-order chi connectivity index (χ0) is 24.2. The van der Waals surface area contributed by atoms with E-state index in [-0.39, 0.29) is 35.5 Å². The summed E-state index contributed by atoms with van der Waals surface area (Å²) in [6, 6.07) is 7.65. The molecule has 0 spiro atoms. The molecule has 6 heteroatoms. The molecule has 1 aromatic carbocycles. The summed E-state index contributed by atoms with van der Waals surface area (Å²) in [4.78, 5) is 43.1. The smallest absolute Gasteiger partial charge is 0.243 e. The summed E-state index contributed by atoms with van der Waals surface area (Å²) in [6.45, 7) is 10.0. The van der Waals surface area contributed by atoms with E-state index >= 15 is 0 Å². The molecule has 6 nitrogen and oxygen atoms in total. The first-order valence-corrected chi connectivity index (χ1v) is 12.9. The monoisotopic (exact) mass is 465 g/mol. The van der Waals surface area contributed by atoms with Crippen LogP contribution in [0.5, 0.6) is 0 Å². The van der Waals surface area contributed by atoms with Gasteiger partial charge in [-0.05, 0) is 61.6 Å². The van der Waals surface area contributed by atoms with Crippen molar-refractivity contribution in [3.05, 3.63) is 47.5 Å². The van der Waals surface area contributed by atoms with Crippen LogP contribution in [-0.2, 0) is 27.5 Å². The molecular formula is C28H39N3O3. The second kappa shape index (κ2) is 10.9. The number of hydrogen-bond donors (Lipinski definition) is 1. The van der Waals surface area contributed by atoms with Gasteiger partial charge in [0, 0.05) is 19.6 Å². The molecule has 1 aromatic rings. The number of likely N-dealkylation sites (tertiary alicyclic amines) is 2. The molecule has 0 saturated carbocycles. The van der Waals surface area contributed by atoms with Crippen LogP contribution in [-0.4, -0.2) is 46.7 Å². The van der Waals surface area contributed by atoms with Crippen molar-refractivity contribution in [3.63, 3.8) is 0 Å². The number of piperidine rings is 1. The maximum atomic E-state index is 13.2. The summed E-state index contributed by atoms with van der Waals surface area (Å²) < 4.78 is 0. The number of nitrogens with one attached hydrogen (secondary N) is 1. The van der Waals surface area contributed by atoms with Crippen molar-refractivity contribution < 1.29 is 14.4 Å². The second-order valence-electron chi connectivity index (χ2n) is 10.9. The Bertz CT molecular complexity index is 897. The van der Waals surface area contributed by atoms with Crippen LogP contribution >= 0.6 is 0 Å². The van der Waals surface area contributed by atoms with Gasteiger partial charge in [-0.15, -0.1) is 0 Å². The van der Waals surface area contributed by atoms with Crippen molar-refractivity contribution in [2.24, 2.45) is 23.7 Å². The van der Waals surface area contributed by atoms with Crippen LogP contribution in [0.25, 0.3) is 0 Å². The summed E-state index contributed by atoms with van der Waals surface area (Å²) in [5, 5.41) is 3.00. The largest absolute Gasteiger partial charge is 0.350 e. The number of allylic oxidation sites excluding steroid dienone is 2. The summed E-state index contributed by atoms with van der Waals surface area (Å²) in [5.74, 6) is -0.280. The predicted molar refractivity (Wildman–Crippen MR) is 132 cm³/mol. The van der Waals surface area contributed by atoms with Gasteiger partial charge in [-0.3, -0.25) is 24.2 Å². The quantitative estimate of drug-likeness (QED) is 0.467. The molecule has 4 rings (SSSR count). The predicted octanol–water partition coefficient (Wildman–Crippen LogP) is 3.90. The maximum absolute atomic E-state index is 13.2. The van der Waals surface area contributed by atoms with Crippen molar-refractivity contribution in [1.82, 2.24) is 15.1 Å². The number of amides is 3. The van der Waals surface area contributed by atoms with Gasteiger partial charge in [0.05, 0.1) is 11.8 Å². The van der Waals surface area contributed by atoms with Crippen molar-refractivity contribution in [1.29, 1.82) is 0 Å². The van der Waals surface area contributed by atoms with E-state index in [0.717, 1.165) is 31.1 Å². The van der Waals surface area contributed by atoms with Crippen LogP contribution in [0.2, 0.25) is 0 Å². The number of imide groups is 1. The van der Waals surface area contributed by atoms with Gasteiger partial charge in [0.15, 0.2) is 0 Å². The molecule has 3 amide bonds. The minimum absolute atomic E-state index is 0.184. The second-order valence-corrected chi connectivity index (χ2v) is 10.9. The Kier molecular flexibility index (Phi) is 7.87. The number of benzene rings is 1. The lowest BCUT2D eigenvalue weighted by atomic mass is 9.85. The Morgan fingerprint density at radius 2 is 1.65 bits per heavy atom. The van der Waals surface area contributed by atoms with Gasteiger partial charge >= 0.3 is 0 Å². The van der Waals surface area contributed by atoms with E-state index in [2.05, 4.69) is 41.4 Å². The average molecular weight is 466 g/mol. The number of fused-ring (bicyclic) bond motifs is 1. The molecule has 3 aliphatic rings. The third-order valence-electron chi connectivity index (χ3n) is 7.49. The fourth-order valence-electron chi connectivity index (χ4n) is 5.67. The SMILES string of the molecule is CC(C)CC(C(=O)NCc1ccc(CN2CCCC(C)C2)cc1)N1C(=O)C2CC=CCC2C1=O. The highest BCUT2D eigenvalue weighted by Crippen LogP contribution is 2.37. The van der Waals surface area contributed by atoms with E-state index in [4.69, 9.17) is 0 Å². The van der Waals surface area contributed by atoms with E-state index in [1.165, 1.54) is 23.3 Å². The Morgan fingerprint density at radius 1 is 1.03 bits per heavy atom. The molecule has 4 unspecified atom stereocenters. The Morgan fingerprint density at radius 3 is 2.24 bits per heavy atom. The summed E-state index contributed by atoms with van der Waals surface area (Å²) >= 11 is 0. The highest BCUT2D eigenvalue weighted by molar-refractivity contribution is 6.08. The molecule has 1 N–H and O–H groups in total. The minimum atomic E-state index is -0.744. The van der Waals surface area contributed by atoms with Crippen LogP contribution in [0.3, 0.4) is 0 Å². The van der Waals surface area contributed by atoms with E-state index < -0.39 is 6.04 Å². The standard InChI is InChI=1S/C28H39N3O3/c1-19(2)15-25(31-27(33)23-8-4-5-9-24(23)28(31)34)26(32)29-16-21-10-12-22(13-11-21)18-30-14-6-7-20(3)17-30/h4-5,10-13,19-20,23-25H,6-9,14-18H2,1-3H3,(H,29,32). The van der Waals surface area contributed by atoms with Gasteiger partial charge in [0.1, 0.15) is 6.04 Å². The van der Waals surface area contributed by atoms with Crippen molar-refractivity contribution in [2.45, 2.75) is 72.0 Å². The molecule has 0 aromatic heterocycles. The van der Waals surface area contributed by atoms with Crippen LogP contribution in [0, 0.1) is 23.7 Å². The van der Waals surface area contributed by atoms with Gasteiger partial charge in [-0.25, -0.2) is 0 Å². The van der Waals surface area contributed by atoms with Gasteiger partial charge in [0.2, 0.25) is 17.7 Å². The summed E-state index contributed by atoms with van der Waals surface area (Å²) in [7, 11) is 0. The van der Waals surface area contributed by atoms with E-state index in [1.807, 2.05) is 26.0 Å². The van der Waals surface area contributed by atoms with Gasteiger partial charge < -0.3 is 5.32 Å². The molecule has 2 saturated heterocycles. The number of rotatable bonds is 8. The third-order valence-corrected chi connectivity index (χ3v) is 7.49. The lowest BCUT2D eigenvalue weighted by molar-refractivity contribution is -0.148. The first-order valence-electron chi connectivity index (χ1n) is 12.9. The average Bonchev–Trinajstić information content (AvgIpc) is 3.07. The van der Waals surface area contributed by atoms with E-state index in [0.29, 0.717) is 25.8 Å². The van der Waals surface area contributed by atoms with Crippen molar-refractivity contribution >= 4 is 17.7 Å². The molecule has 4 atom stereocenters. The lowest BCUT2D eigenvalue weighted by Gasteiger charge is -2.30. The highest BCUT2D eigenvalue weighted by atomic mass is 16.2. The third kappa shape index (κ3) is 5.60. The van der Waals surface area contributed by atoms with Crippen LogP contribution in [0.4, 0.5) is 0 Å². The number of nitrogens with zero attached hydrogens (tertiary/aromatic N) is 2. The topological polar surface area (TPSA) is 69.7 Å². The fourth-order valence-corrected chi connectivity index (χ4v) is 5.67. The Labute approximate surface area is 203 Å².